The molecule has 5 heteroatoms. The van der Waals surface area contributed by atoms with Gasteiger partial charge < -0.3 is 5.11 Å². The molecule has 0 radical (unpaired) electrons. The third-order valence-corrected chi connectivity index (χ3v) is 2.67. The Kier molecular flexibility index (Phi) is 2.36. The Morgan fingerprint density at radius 2 is 2.33 bits per heavy atom. The molecule has 1 aromatic heterocycles. The van der Waals surface area contributed by atoms with Crippen molar-refractivity contribution in [1.29, 1.82) is 0 Å². The van der Waals surface area contributed by atoms with E-state index in [0.717, 1.165) is 10.9 Å². The Labute approximate surface area is 91.1 Å². The molecule has 0 saturated carbocycles. The molecule has 78 valence electrons. The van der Waals surface area contributed by atoms with Crippen LogP contribution in [0.3, 0.4) is 0 Å². The van der Waals surface area contributed by atoms with Crippen molar-refractivity contribution in [3.63, 3.8) is 0 Å². The van der Waals surface area contributed by atoms with Gasteiger partial charge >= 0.3 is 5.97 Å². The second kappa shape index (κ2) is 3.55. The zero-order valence-electron chi connectivity index (χ0n) is 8.07. The molecule has 1 heterocycles. The molecular weight excluding hydrogens is 216 g/mol. The molecular formula is C10H9ClN2O2. The van der Waals surface area contributed by atoms with E-state index in [9.17, 15) is 4.79 Å². The number of aryl methyl sites for hydroxylation is 1. The monoisotopic (exact) mass is 224 g/mol. The number of carboxylic acids is 1. The first-order chi connectivity index (χ1) is 7.09. The van der Waals surface area contributed by atoms with E-state index in [4.69, 9.17) is 16.7 Å². The molecule has 1 N–H and O–H groups in total. The SMILES string of the molecule is Cn1ncc2c(CC(=O)O)c(Cl)ccc21. The maximum absolute atomic E-state index is 10.7. The van der Waals surface area contributed by atoms with E-state index in [1.807, 2.05) is 6.07 Å². The van der Waals surface area contributed by atoms with Crippen LogP contribution in [0.5, 0.6) is 0 Å². The predicted octanol–water partition coefficient (Wildman–Crippen LogP) is 1.85. The molecule has 0 aliphatic heterocycles. The van der Waals surface area contributed by atoms with Crippen LogP contribution in [-0.2, 0) is 18.3 Å². The number of aliphatic carboxylic acids is 1. The van der Waals surface area contributed by atoms with E-state index < -0.39 is 5.97 Å². The van der Waals surface area contributed by atoms with Gasteiger partial charge in [0, 0.05) is 17.5 Å². The molecule has 2 aromatic rings. The van der Waals surface area contributed by atoms with Gasteiger partial charge in [0.2, 0.25) is 0 Å². The van der Waals surface area contributed by atoms with E-state index in [2.05, 4.69) is 5.10 Å². The van der Waals surface area contributed by atoms with Crippen LogP contribution in [0.2, 0.25) is 5.02 Å². The molecule has 0 fully saturated rings. The number of fused-ring (bicyclic) bond motifs is 1. The van der Waals surface area contributed by atoms with Crippen molar-refractivity contribution < 1.29 is 9.90 Å². The highest BCUT2D eigenvalue weighted by Crippen LogP contribution is 2.26. The molecule has 0 spiro atoms. The van der Waals surface area contributed by atoms with Crippen LogP contribution in [0.15, 0.2) is 18.3 Å². The Balaban J connectivity index is 2.68. The average molecular weight is 225 g/mol. The van der Waals surface area contributed by atoms with Crippen LogP contribution >= 0.6 is 11.6 Å². The highest BCUT2D eigenvalue weighted by Gasteiger charge is 2.12. The molecule has 0 aliphatic rings. The summed E-state index contributed by atoms with van der Waals surface area (Å²) in [5.41, 5.74) is 1.51. The molecule has 0 bridgehead atoms. The summed E-state index contributed by atoms with van der Waals surface area (Å²) in [7, 11) is 1.81. The number of carbonyl (C=O) groups is 1. The molecule has 0 aliphatic carbocycles. The normalized spacial score (nSPS) is 10.8. The number of halogens is 1. The van der Waals surface area contributed by atoms with E-state index in [0.29, 0.717) is 10.6 Å². The lowest BCUT2D eigenvalue weighted by molar-refractivity contribution is -0.136. The highest BCUT2D eigenvalue weighted by atomic mass is 35.5. The number of nitrogens with zero attached hydrogens (tertiary/aromatic N) is 2. The molecule has 0 atom stereocenters. The largest absolute Gasteiger partial charge is 0.481 e. The lowest BCUT2D eigenvalue weighted by Crippen LogP contribution is -2.01. The smallest absolute Gasteiger partial charge is 0.307 e. The standard InChI is InChI=1S/C10H9ClN2O2/c1-13-9-3-2-8(11)6(4-10(14)15)7(9)5-12-13/h2-3,5H,4H2,1H3,(H,14,15). The molecule has 0 saturated heterocycles. The Morgan fingerprint density at radius 1 is 1.60 bits per heavy atom. The zero-order valence-corrected chi connectivity index (χ0v) is 8.82. The number of hydrogen-bond donors (Lipinski definition) is 1. The quantitative estimate of drug-likeness (QED) is 0.847. The fourth-order valence-corrected chi connectivity index (χ4v) is 1.82. The molecule has 1 aromatic carbocycles. The minimum absolute atomic E-state index is 0.0815. The maximum Gasteiger partial charge on any atom is 0.307 e. The van der Waals surface area contributed by atoms with Gasteiger partial charge in [0.1, 0.15) is 0 Å². The van der Waals surface area contributed by atoms with E-state index in [1.165, 1.54) is 0 Å². The Bertz CT molecular complexity index is 533. The lowest BCUT2D eigenvalue weighted by atomic mass is 10.1. The first-order valence-electron chi connectivity index (χ1n) is 4.40. The van der Waals surface area contributed by atoms with Crippen LogP contribution in [0.4, 0.5) is 0 Å². The van der Waals surface area contributed by atoms with Gasteiger partial charge in [-0.1, -0.05) is 11.6 Å². The fourth-order valence-electron chi connectivity index (χ4n) is 1.59. The first kappa shape index (κ1) is 9.98. The van der Waals surface area contributed by atoms with Gasteiger partial charge in [-0.2, -0.15) is 5.10 Å². The van der Waals surface area contributed by atoms with Crippen molar-refractivity contribution in [3.05, 3.63) is 28.9 Å². The summed E-state index contributed by atoms with van der Waals surface area (Å²) in [4.78, 5) is 10.7. The number of aromatic nitrogens is 2. The van der Waals surface area contributed by atoms with Crippen molar-refractivity contribution in [2.75, 3.05) is 0 Å². The van der Waals surface area contributed by atoms with Gasteiger partial charge in [-0.25, -0.2) is 0 Å². The van der Waals surface area contributed by atoms with E-state index >= 15 is 0 Å². The summed E-state index contributed by atoms with van der Waals surface area (Å²) < 4.78 is 1.69. The third-order valence-electron chi connectivity index (χ3n) is 2.31. The molecule has 2 rings (SSSR count). The molecule has 15 heavy (non-hydrogen) atoms. The number of hydrogen-bond acceptors (Lipinski definition) is 2. The summed E-state index contributed by atoms with van der Waals surface area (Å²) in [6.07, 6.45) is 1.56. The van der Waals surface area contributed by atoms with Gasteiger partial charge in [0.15, 0.2) is 0 Å². The molecule has 0 unspecified atom stereocenters. The number of carboxylic acid groups (broad SMARTS) is 1. The second-order valence-corrected chi connectivity index (χ2v) is 3.70. The van der Waals surface area contributed by atoms with Gasteiger partial charge in [0.25, 0.3) is 0 Å². The average Bonchev–Trinajstić information content (AvgIpc) is 2.52. The number of rotatable bonds is 2. The number of benzene rings is 1. The van der Waals surface area contributed by atoms with Crippen molar-refractivity contribution in [2.24, 2.45) is 7.05 Å². The van der Waals surface area contributed by atoms with Crippen LogP contribution in [0.25, 0.3) is 10.9 Å². The van der Waals surface area contributed by atoms with Gasteiger partial charge in [-0.05, 0) is 17.7 Å². The minimum atomic E-state index is -0.895. The first-order valence-corrected chi connectivity index (χ1v) is 4.78. The zero-order chi connectivity index (χ0) is 11.0. The van der Waals surface area contributed by atoms with Gasteiger partial charge in [-0.15, -0.1) is 0 Å². The third kappa shape index (κ3) is 1.68. The van der Waals surface area contributed by atoms with Crippen LogP contribution in [-0.4, -0.2) is 20.9 Å². The highest BCUT2D eigenvalue weighted by molar-refractivity contribution is 6.32. The summed E-state index contributed by atoms with van der Waals surface area (Å²) in [5.74, 6) is -0.895. The summed E-state index contributed by atoms with van der Waals surface area (Å²) in [6, 6.07) is 3.53. The Morgan fingerprint density at radius 3 is 3.00 bits per heavy atom. The van der Waals surface area contributed by atoms with E-state index in [1.54, 1.807) is 24.0 Å². The van der Waals surface area contributed by atoms with Crippen LogP contribution in [0, 0.1) is 0 Å². The summed E-state index contributed by atoms with van der Waals surface area (Å²) in [5, 5.41) is 14.1. The summed E-state index contributed by atoms with van der Waals surface area (Å²) in [6.45, 7) is 0. The molecule has 0 amide bonds. The lowest BCUT2D eigenvalue weighted by Gasteiger charge is -2.03. The van der Waals surface area contributed by atoms with Crippen molar-refractivity contribution >= 4 is 28.5 Å². The minimum Gasteiger partial charge on any atom is -0.481 e. The topological polar surface area (TPSA) is 55.1 Å². The van der Waals surface area contributed by atoms with Gasteiger partial charge in [-0.3, -0.25) is 9.48 Å². The second-order valence-electron chi connectivity index (χ2n) is 3.30. The van der Waals surface area contributed by atoms with Crippen molar-refractivity contribution in [1.82, 2.24) is 9.78 Å². The molecule has 4 nitrogen and oxygen atoms in total. The fraction of sp³-hybridized carbons (Fsp3) is 0.200. The Hall–Kier alpha value is -1.55. The van der Waals surface area contributed by atoms with E-state index in [-0.39, 0.29) is 6.42 Å². The van der Waals surface area contributed by atoms with Crippen molar-refractivity contribution in [2.45, 2.75) is 6.42 Å². The van der Waals surface area contributed by atoms with Crippen LogP contribution < -0.4 is 0 Å². The summed E-state index contributed by atoms with van der Waals surface area (Å²) >= 11 is 5.96. The van der Waals surface area contributed by atoms with Crippen molar-refractivity contribution in [3.8, 4) is 0 Å². The predicted molar refractivity (Wildman–Crippen MR) is 57.1 cm³/mol. The van der Waals surface area contributed by atoms with Crippen LogP contribution in [0.1, 0.15) is 5.56 Å². The maximum atomic E-state index is 10.7. The van der Waals surface area contributed by atoms with Gasteiger partial charge in [0.05, 0.1) is 18.1 Å².